The molecule has 0 aliphatic carbocycles. The first-order valence-corrected chi connectivity index (χ1v) is 4.80. The first kappa shape index (κ1) is 10.3. The highest BCUT2D eigenvalue weighted by molar-refractivity contribution is 4.93. The number of rotatable bonds is 4. The van der Waals surface area contributed by atoms with Gasteiger partial charge in [-0.3, -0.25) is 0 Å². The van der Waals surface area contributed by atoms with Gasteiger partial charge in [-0.2, -0.15) is 0 Å². The quantitative estimate of drug-likeness (QED) is 0.773. The first-order valence-electron chi connectivity index (χ1n) is 4.80. The molecule has 1 heterocycles. The minimum absolute atomic E-state index is 0.156. The molecule has 0 amide bonds. The van der Waals surface area contributed by atoms with Crippen LogP contribution in [-0.2, 0) is 6.42 Å². The molecule has 1 rings (SSSR count). The molecule has 2 unspecified atom stereocenters. The van der Waals surface area contributed by atoms with Crippen molar-refractivity contribution in [3.05, 3.63) is 17.8 Å². The van der Waals surface area contributed by atoms with E-state index in [0.717, 1.165) is 24.5 Å². The van der Waals surface area contributed by atoms with Crippen molar-refractivity contribution < 1.29 is 4.42 Å². The third-order valence-corrected chi connectivity index (χ3v) is 2.45. The Morgan fingerprint density at radius 2 is 2.31 bits per heavy atom. The smallest absolute Gasteiger partial charge is 0.195 e. The number of nitrogens with two attached hydrogens (primary N) is 1. The predicted molar refractivity (Wildman–Crippen MR) is 52.4 cm³/mol. The van der Waals surface area contributed by atoms with Gasteiger partial charge in [0.1, 0.15) is 5.76 Å². The van der Waals surface area contributed by atoms with Crippen LogP contribution in [0.25, 0.3) is 0 Å². The number of aryl methyl sites for hydroxylation is 1. The Labute approximate surface area is 79.3 Å². The molecule has 0 bridgehead atoms. The van der Waals surface area contributed by atoms with E-state index in [1.165, 1.54) is 0 Å². The standard InChI is InChI=1S/C10H18N2O/c1-4-7(2)9(11)5-10-12-6-8(3)13-10/h6-7,9H,4-5,11H2,1-3H3. The Balaban J connectivity index is 2.49. The van der Waals surface area contributed by atoms with E-state index >= 15 is 0 Å². The number of hydrogen-bond acceptors (Lipinski definition) is 3. The highest BCUT2D eigenvalue weighted by Gasteiger charge is 2.13. The Bertz CT molecular complexity index is 257. The molecular formula is C10H18N2O. The summed E-state index contributed by atoms with van der Waals surface area (Å²) < 4.78 is 5.36. The molecule has 0 radical (unpaired) electrons. The minimum Gasteiger partial charge on any atom is -0.446 e. The van der Waals surface area contributed by atoms with Gasteiger partial charge in [0, 0.05) is 12.5 Å². The van der Waals surface area contributed by atoms with Crippen LogP contribution in [0.3, 0.4) is 0 Å². The Morgan fingerprint density at radius 3 is 2.77 bits per heavy atom. The Morgan fingerprint density at radius 1 is 1.62 bits per heavy atom. The molecule has 0 aliphatic rings. The predicted octanol–water partition coefficient (Wildman–Crippen LogP) is 1.90. The Kier molecular flexibility index (Phi) is 3.48. The summed E-state index contributed by atoms with van der Waals surface area (Å²) in [5.41, 5.74) is 5.97. The lowest BCUT2D eigenvalue weighted by atomic mass is 9.97. The molecule has 3 nitrogen and oxygen atoms in total. The second-order valence-corrected chi connectivity index (χ2v) is 3.62. The van der Waals surface area contributed by atoms with Gasteiger partial charge in [0.2, 0.25) is 0 Å². The van der Waals surface area contributed by atoms with Crippen LogP contribution in [0.2, 0.25) is 0 Å². The van der Waals surface area contributed by atoms with Crippen LogP contribution < -0.4 is 5.73 Å². The second kappa shape index (κ2) is 4.42. The zero-order valence-corrected chi connectivity index (χ0v) is 8.58. The highest BCUT2D eigenvalue weighted by atomic mass is 16.4. The SMILES string of the molecule is CCC(C)C(N)Cc1ncc(C)o1. The number of oxazole rings is 1. The molecule has 2 N–H and O–H groups in total. The fourth-order valence-corrected chi connectivity index (χ4v) is 1.20. The van der Waals surface area contributed by atoms with E-state index in [2.05, 4.69) is 18.8 Å². The molecule has 1 aromatic heterocycles. The van der Waals surface area contributed by atoms with Gasteiger partial charge < -0.3 is 10.2 Å². The summed E-state index contributed by atoms with van der Waals surface area (Å²) in [6, 6.07) is 0.156. The molecule has 2 atom stereocenters. The largest absolute Gasteiger partial charge is 0.446 e. The normalized spacial score (nSPS) is 15.7. The molecule has 74 valence electrons. The van der Waals surface area contributed by atoms with E-state index in [4.69, 9.17) is 10.2 Å². The van der Waals surface area contributed by atoms with E-state index in [1.807, 2.05) is 6.92 Å². The zero-order chi connectivity index (χ0) is 9.84. The first-order chi connectivity index (χ1) is 6.13. The molecule has 0 saturated heterocycles. The summed E-state index contributed by atoms with van der Waals surface area (Å²) in [5, 5.41) is 0. The van der Waals surface area contributed by atoms with E-state index in [0.29, 0.717) is 5.92 Å². The average Bonchev–Trinajstić information content (AvgIpc) is 2.49. The van der Waals surface area contributed by atoms with E-state index < -0.39 is 0 Å². The van der Waals surface area contributed by atoms with Crippen molar-refractivity contribution in [3.8, 4) is 0 Å². The van der Waals surface area contributed by atoms with Crippen LogP contribution >= 0.6 is 0 Å². The van der Waals surface area contributed by atoms with E-state index in [1.54, 1.807) is 6.20 Å². The molecule has 13 heavy (non-hydrogen) atoms. The van der Waals surface area contributed by atoms with Gasteiger partial charge in [-0.15, -0.1) is 0 Å². The third-order valence-electron chi connectivity index (χ3n) is 2.45. The molecule has 0 saturated carbocycles. The lowest BCUT2D eigenvalue weighted by molar-refractivity contribution is 0.388. The van der Waals surface area contributed by atoms with Crippen molar-refractivity contribution in [2.45, 2.75) is 39.7 Å². The van der Waals surface area contributed by atoms with Crippen LogP contribution in [0.1, 0.15) is 31.9 Å². The number of nitrogens with zero attached hydrogens (tertiary/aromatic N) is 1. The van der Waals surface area contributed by atoms with Gasteiger partial charge in [0.05, 0.1) is 6.20 Å². The summed E-state index contributed by atoms with van der Waals surface area (Å²) in [5.74, 6) is 2.13. The maximum atomic E-state index is 5.97. The van der Waals surface area contributed by atoms with Crippen molar-refractivity contribution in [3.63, 3.8) is 0 Å². The summed E-state index contributed by atoms with van der Waals surface area (Å²) >= 11 is 0. The second-order valence-electron chi connectivity index (χ2n) is 3.62. The van der Waals surface area contributed by atoms with Gasteiger partial charge >= 0.3 is 0 Å². The molecule has 0 spiro atoms. The van der Waals surface area contributed by atoms with E-state index in [9.17, 15) is 0 Å². The molecule has 0 aromatic carbocycles. The van der Waals surface area contributed by atoms with Crippen LogP contribution in [-0.4, -0.2) is 11.0 Å². The number of aromatic nitrogens is 1. The Hall–Kier alpha value is -0.830. The molecule has 0 aliphatic heterocycles. The van der Waals surface area contributed by atoms with Gasteiger partial charge in [-0.25, -0.2) is 4.98 Å². The van der Waals surface area contributed by atoms with Crippen molar-refractivity contribution in [1.82, 2.24) is 4.98 Å². The third kappa shape index (κ3) is 2.84. The maximum Gasteiger partial charge on any atom is 0.195 e. The molecule has 3 heteroatoms. The van der Waals surface area contributed by atoms with Gasteiger partial charge in [-0.1, -0.05) is 20.3 Å². The summed E-state index contributed by atoms with van der Waals surface area (Å²) in [6.07, 6.45) is 3.57. The van der Waals surface area contributed by atoms with Crippen LogP contribution in [0, 0.1) is 12.8 Å². The summed E-state index contributed by atoms with van der Waals surface area (Å²) in [7, 11) is 0. The fourth-order valence-electron chi connectivity index (χ4n) is 1.20. The van der Waals surface area contributed by atoms with Crippen molar-refractivity contribution in [2.24, 2.45) is 11.7 Å². The topological polar surface area (TPSA) is 52.0 Å². The van der Waals surface area contributed by atoms with Crippen LogP contribution in [0.5, 0.6) is 0 Å². The minimum atomic E-state index is 0.156. The number of hydrogen-bond donors (Lipinski definition) is 1. The highest BCUT2D eigenvalue weighted by Crippen LogP contribution is 2.11. The van der Waals surface area contributed by atoms with Crippen LogP contribution in [0.4, 0.5) is 0 Å². The lowest BCUT2D eigenvalue weighted by Crippen LogP contribution is -2.30. The van der Waals surface area contributed by atoms with Gasteiger partial charge in [0.15, 0.2) is 5.89 Å². The van der Waals surface area contributed by atoms with Crippen molar-refractivity contribution in [1.29, 1.82) is 0 Å². The average molecular weight is 182 g/mol. The zero-order valence-electron chi connectivity index (χ0n) is 8.58. The molecular weight excluding hydrogens is 164 g/mol. The monoisotopic (exact) mass is 182 g/mol. The van der Waals surface area contributed by atoms with Crippen molar-refractivity contribution in [2.75, 3.05) is 0 Å². The summed E-state index contributed by atoms with van der Waals surface area (Å²) in [4.78, 5) is 4.13. The lowest BCUT2D eigenvalue weighted by Gasteiger charge is -2.15. The molecule has 1 aromatic rings. The molecule has 0 fully saturated rings. The fraction of sp³-hybridized carbons (Fsp3) is 0.700. The maximum absolute atomic E-state index is 5.97. The van der Waals surface area contributed by atoms with Gasteiger partial charge in [-0.05, 0) is 12.8 Å². The van der Waals surface area contributed by atoms with E-state index in [-0.39, 0.29) is 6.04 Å². The van der Waals surface area contributed by atoms with Gasteiger partial charge in [0.25, 0.3) is 0 Å². The summed E-state index contributed by atoms with van der Waals surface area (Å²) in [6.45, 7) is 6.19. The van der Waals surface area contributed by atoms with Crippen LogP contribution in [0.15, 0.2) is 10.6 Å². The van der Waals surface area contributed by atoms with Crippen molar-refractivity contribution >= 4 is 0 Å².